The number of hydrogen-bond donors (Lipinski definition) is 17. The first-order chi connectivity index (χ1) is 53.8. The molecule has 2 unspecified atom stereocenters. The van der Waals surface area contributed by atoms with Gasteiger partial charge in [-0.15, -0.1) is 0 Å². The molecule has 18 atom stereocenters. The molecule has 3 aliphatic heterocycles. The van der Waals surface area contributed by atoms with Crippen LogP contribution in [0.5, 0.6) is 0 Å². The van der Waals surface area contributed by atoms with Gasteiger partial charge in [0.1, 0.15) is 92.9 Å². The maximum atomic E-state index is 14.4. The topological polar surface area (TPSA) is 580 Å². The number of ether oxygens (including phenoxy) is 15. The van der Waals surface area contributed by atoms with Gasteiger partial charge in [0.25, 0.3) is 0 Å². The molecule has 3 aliphatic rings. The number of ketones is 1. The van der Waals surface area contributed by atoms with E-state index in [4.69, 9.17) is 80.1 Å². The fourth-order valence-corrected chi connectivity index (χ4v) is 11.8. The number of aliphatic hydroxyl groups excluding tert-OH is 9. The Kier molecular flexibility index (Phi) is 54.9. The van der Waals surface area contributed by atoms with Crippen molar-refractivity contribution >= 4 is 61.0 Å². The van der Waals surface area contributed by atoms with E-state index in [9.17, 15) is 89.2 Å². The Bertz CT molecular complexity index is 2660. The highest BCUT2D eigenvalue weighted by Gasteiger charge is 2.48. The summed E-state index contributed by atoms with van der Waals surface area (Å²) in [6.45, 7) is 3.31. The summed E-state index contributed by atoms with van der Waals surface area (Å²) in [5.41, 5.74) is 0. The minimum atomic E-state index is -3.13. The fourth-order valence-electron chi connectivity index (χ4n) is 11.3. The Morgan fingerprint density at radius 3 is 1.08 bits per heavy atom. The summed E-state index contributed by atoms with van der Waals surface area (Å²) in [6.07, 6.45) is -7.85. The summed E-state index contributed by atoms with van der Waals surface area (Å²) in [4.78, 5) is 112. The second-order valence-corrected chi connectivity index (χ2v) is 28.2. The Balaban J connectivity index is 1.49. The van der Waals surface area contributed by atoms with Crippen molar-refractivity contribution in [2.75, 3.05) is 192 Å². The average molecular weight is 1640 g/mol. The molecule has 43 heteroatoms. The van der Waals surface area contributed by atoms with E-state index < -0.39 is 179 Å². The van der Waals surface area contributed by atoms with Crippen LogP contribution in [-0.2, 0) is 118 Å². The molecule has 7 amide bonds. The van der Waals surface area contributed by atoms with Crippen LogP contribution in [0.1, 0.15) is 91.4 Å². The van der Waals surface area contributed by atoms with Gasteiger partial charge in [-0.25, -0.2) is 0 Å². The van der Waals surface area contributed by atoms with E-state index in [2.05, 4.69) is 43.5 Å². The van der Waals surface area contributed by atoms with Crippen molar-refractivity contribution in [2.45, 2.75) is 189 Å². The van der Waals surface area contributed by atoms with Crippen molar-refractivity contribution < 1.29 is 169 Å². The van der Waals surface area contributed by atoms with Crippen LogP contribution >= 0.6 is 7.57 Å². The molecule has 0 saturated carbocycles. The number of carbonyl (C=O) groups is 8. The van der Waals surface area contributed by atoms with Gasteiger partial charge in [0.15, 0.2) is 24.7 Å². The number of unbranched alkanes of at least 4 members (excludes halogenated alkanes) is 5. The monoisotopic (exact) mass is 1640 g/mol. The van der Waals surface area contributed by atoms with Crippen molar-refractivity contribution in [1.29, 1.82) is 0 Å². The average Bonchev–Trinajstić information content (AvgIpc) is 0.822. The maximum Gasteiger partial charge on any atom is 0.247 e. The maximum absolute atomic E-state index is 14.4. The largest absolute Gasteiger partial charge is 0.394 e. The van der Waals surface area contributed by atoms with Crippen molar-refractivity contribution in [1.82, 2.24) is 37.2 Å². The van der Waals surface area contributed by atoms with Crippen molar-refractivity contribution in [3.63, 3.8) is 0 Å². The highest BCUT2D eigenvalue weighted by molar-refractivity contribution is 7.58. The predicted molar refractivity (Wildman–Crippen MR) is 391 cm³/mol. The summed E-state index contributed by atoms with van der Waals surface area (Å²) in [7, 11) is -1.82. The van der Waals surface area contributed by atoms with Gasteiger partial charge in [-0.3, -0.25) is 38.4 Å². The van der Waals surface area contributed by atoms with E-state index in [-0.39, 0.29) is 177 Å². The summed E-state index contributed by atoms with van der Waals surface area (Å²) in [5.74, 6) is -4.58. The molecule has 0 radical (unpaired) electrons. The first-order valence-corrected chi connectivity index (χ1v) is 39.6. The molecule has 112 heavy (non-hydrogen) atoms. The van der Waals surface area contributed by atoms with Crippen LogP contribution < -0.4 is 37.2 Å². The summed E-state index contributed by atoms with van der Waals surface area (Å²) in [6, 6.07) is -4.37. The number of nitrogens with one attached hydrogen (secondary N) is 7. The van der Waals surface area contributed by atoms with Crippen LogP contribution in [0.2, 0.25) is 0 Å². The van der Waals surface area contributed by atoms with E-state index in [0.717, 1.165) is 0 Å². The van der Waals surface area contributed by atoms with E-state index in [0.29, 0.717) is 57.9 Å². The molecular weight excluding hydrogens is 1520 g/mol. The molecule has 0 bridgehead atoms. The molecule has 0 aromatic heterocycles. The first kappa shape index (κ1) is 101. The molecule has 42 nitrogen and oxygen atoms in total. The highest BCUT2D eigenvalue weighted by Crippen LogP contribution is 2.41. The third-order valence-electron chi connectivity index (χ3n) is 17.2. The predicted octanol–water partition coefficient (Wildman–Crippen LogP) is -6.82. The van der Waals surface area contributed by atoms with Crippen LogP contribution in [0.3, 0.4) is 0 Å². The first-order valence-electron chi connectivity index (χ1n) is 37.8. The van der Waals surface area contributed by atoms with Gasteiger partial charge in [-0.2, -0.15) is 0 Å². The zero-order chi connectivity index (χ0) is 82.5. The smallest absolute Gasteiger partial charge is 0.247 e. The van der Waals surface area contributed by atoms with Gasteiger partial charge in [0, 0.05) is 59.9 Å². The second-order valence-electron chi connectivity index (χ2n) is 26.3. The van der Waals surface area contributed by atoms with Crippen LogP contribution in [0.25, 0.3) is 0 Å². The lowest BCUT2D eigenvalue weighted by molar-refractivity contribution is -0.272. The molecule has 0 aromatic carbocycles. The minimum absolute atomic E-state index is 0.0161. The zero-order valence-electron chi connectivity index (χ0n) is 64.7. The number of aliphatic hydroxyl groups is 9. The third kappa shape index (κ3) is 43.4. The molecule has 3 saturated heterocycles. The van der Waals surface area contributed by atoms with Crippen molar-refractivity contribution in [2.24, 2.45) is 5.92 Å². The molecule has 3 heterocycles. The van der Waals surface area contributed by atoms with Gasteiger partial charge in [0.2, 0.25) is 48.9 Å². The molecule has 0 aliphatic carbocycles. The quantitative estimate of drug-likeness (QED) is 0.0199. The molecule has 3 rings (SSSR count). The number of hydrogen-bond acceptors (Lipinski definition) is 35. The summed E-state index contributed by atoms with van der Waals surface area (Å²) < 4.78 is 93.2. The van der Waals surface area contributed by atoms with Gasteiger partial charge in [0.05, 0.1) is 151 Å². The number of amides is 7. The SMILES string of the molecule is C=P(O)(OC)OCCCCCCNC(=O)[C@@H](CCCCNC(=O)COCCOCCOCCOC1O[C@H](CO)[C@H](O)[C@H](O)[C@H]1NC(C)=O)CC(=O)[C@H](CCCCNC(=O)COCCOCCOCCO[C@@H]1O[C@H](CO)[C@H](O)[C@H](O)[C@H]1NC(C)=O)NC(=O)COCCOCCOCCO[C@@H]1O[C@H](CO)[C@H](O)[C@H](O)[C@H]1NC(C)=O. The van der Waals surface area contributed by atoms with Crippen LogP contribution in [0.15, 0.2) is 0 Å². The van der Waals surface area contributed by atoms with Crippen LogP contribution in [0.4, 0.5) is 0 Å². The lowest BCUT2D eigenvalue weighted by Crippen LogP contribution is -2.64. The van der Waals surface area contributed by atoms with Crippen LogP contribution in [0, 0.1) is 5.92 Å². The van der Waals surface area contributed by atoms with E-state index in [1.807, 2.05) is 0 Å². The number of carbonyl (C=O) groups excluding carboxylic acids is 8. The van der Waals surface area contributed by atoms with Gasteiger partial charge < -0.3 is 168 Å². The Morgan fingerprint density at radius 2 is 0.723 bits per heavy atom. The minimum Gasteiger partial charge on any atom is -0.394 e. The lowest BCUT2D eigenvalue weighted by atomic mass is 9.91. The highest BCUT2D eigenvalue weighted by atomic mass is 31.2. The Hall–Kier alpha value is -4.82. The Morgan fingerprint density at radius 1 is 0.402 bits per heavy atom. The second kappa shape index (κ2) is 60.6. The standard InChI is InChI=1S/C69H126N7O35P/c1-45(80)73-57-63(90)60(87)51(39-77)109-67(57)105-35-32-99-23-20-96-26-29-102-42-54(84)70-16-11-8-14-48(66(93)72-18-10-6-7-13-19-108-112(5,94)95-4)38-50(83)49(76-56(86)44-104-31-28-98-22-25-101-34-37-107-69-59(75-47(3)82)65(92)62(89)53(41-79)111-69)15-9-12-17-71-55(85)43-103-30-27-97-21-24-100-33-36-106-68-58(74-46(2)81)64(91)61(88)52(40-78)110-68/h48-49,51-53,57-65,67-69,77-79,87-92,94H,5-44H2,1-4H3,(H,70,84)(H,71,85)(H,72,93)(H,73,80)(H,74,81)(H,75,82)(H,76,86)/t48-,49-,51+,52+,53+,57+,58+,59+,60-,61-,62-,63+,64+,65+,67?,68+,69+,112?/m0/s1. The number of rotatable bonds is 66. The van der Waals surface area contributed by atoms with Crippen molar-refractivity contribution in [3.05, 3.63) is 0 Å². The van der Waals surface area contributed by atoms with Gasteiger partial charge in [-0.05, 0) is 51.2 Å². The van der Waals surface area contributed by atoms with Crippen molar-refractivity contribution in [3.8, 4) is 0 Å². The summed E-state index contributed by atoms with van der Waals surface area (Å²) >= 11 is 0. The molecule has 0 spiro atoms. The van der Waals surface area contributed by atoms with E-state index in [1.54, 1.807) is 0 Å². The van der Waals surface area contributed by atoms with Crippen LogP contribution in [-0.4, -0.2) is 394 Å². The third-order valence-corrected chi connectivity index (χ3v) is 18.4. The zero-order valence-corrected chi connectivity index (χ0v) is 65.6. The number of Topliss-reactive ketones (excluding diaryl/α,β-unsaturated/α-hetero) is 1. The lowest BCUT2D eigenvalue weighted by Gasteiger charge is -2.42. The molecule has 0 aromatic rings. The molecule has 17 N–H and O–H groups in total. The summed E-state index contributed by atoms with van der Waals surface area (Å²) in [5, 5.41) is 109. The van der Waals surface area contributed by atoms with Gasteiger partial charge >= 0.3 is 0 Å². The van der Waals surface area contributed by atoms with Gasteiger partial charge in [-0.1, -0.05) is 19.3 Å². The molecule has 652 valence electrons. The molecule has 3 fully saturated rings. The fraction of sp³-hybridized carbons (Fsp3) is 0.870. The Labute approximate surface area is 652 Å². The van der Waals surface area contributed by atoms with E-state index >= 15 is 0 Å². The normalized spacial score (nSPS) is 24.9. The molecular formula is C69H126N7O35P. The van der Waals surface area contributed by atoms with E-state index in [1.165, 1.54) is 27.9 Å².